The highest BCUT2D eigenvalue weighted by Gasteiger charge is 2.17. The number of rotatable bonds is 8. The molecule has 7 nitrogen and oxygen atoms in total. The molecule has 0 bridgehead atoms. The maximum Gasteiger partial charge on any atom is 0.229 e. The smallest absolute Gasteiger partial charge is 0.229 e. The van der Waals surface area contributed by atoms with Crippen molar-refractivity contribution in [3.05, 3.63) is 62.9 Å². The SMILES string of the molecule is CCS(=O)c1ccc(Cl)cc1CNC.FCF.NC(=O)C1CCCNC1.O=Cc1cc(F)c(CN2CCCCC2)c(Cl)c1. The molecule has 2 saturated heterocycles. The number of carbonyl (C=O) groups is 2. The van der Waals surface area contributed by atoms with E-state index in [9.17, 15) is 27.0 Å². The molecule has 2 aliphatic heterocycles. The number of likely N-dealkylation sites (tertiary alicyclic amines) is 1. The molecule has 43 heavy (non-hydrogen) atoms. The molecule has 2 aromatic carbocycles. The molecule has 0 spiro atoms. The number of benzene rings is 2. The van der Waals surface area contributed by atoms with Gasteiger partial charge in [-0.05, 0) is 88.3 Å². The molecular formula is C30H43Cl2F3N4O3S. The first-order valence-corrected chi connectivity index (χ1v) is 16.3. The molecule has 0 aliphatic carbocycles. The second-order valence-electron chi connectivity index (χ2n) is 9.88. The van der Waals surface area contributed by atoms with Crippen LogP contribution in [0, 0.1) is 11.7 Å². The van der Waals surface area contributed by atoms with Crippen LogP contribution in [-0.4, -0.2) is 67.2 Å². The van der Waals surface area contributed by atoms with Crippen molar-refractivity contribution >= 4 is 46.2 Å². The summed E-state index contributed by atoms with van der Waals surface area (Å²) in [6.45, 7) is 5.18. The van der Waals surface area contributed by atoms with E-state index in [0.29, 0.717) is 40.7 Å². The molecule has 0 aromatic heterocycles. The van der Waals surface area contributed by atoms with E-state index in [-0.39, 0.29) is 23.2 Å². The van der Waals surface area contributed by atoms with E-state index in [1.807, 2.05) is 26.1 Å². The second-order valence-corrected chi connectivity index (χ2v) is 12.4. The topological polar surface area (TPSA) is 105 Å². The van der Waals surface area contributed by atoms with Gasteiger partial charge in [0.25, 0.3) is 0 Å². The van der Waals surface area contributed by atoms with Crippen molar-refractivity contribution < 1.29 is 27.0 Å². The number of aldehydes is 1. The summed E-state index contributed by atoms with van der Waals surface area (Å²) in [5, 5.41) is 7.19. The Kier molecular flexibility index (Phi) is 20.4. The molecule has 2 unspecified atom stereocenters. The minimum atomic E-state index is -1.75. The van der Waals surface area contributed by atoms with Crippen molar-refractivity contribution in [3.8, 4) is 0 Å². The molecule has 242 valence electrons. The maximum absolute atomic E-state index is 13.8. The molecule has 0 radical (unpaired) electrons. The van der Waals surface area contributed by atoms with Crippen molar-refractivity contribution in [3.63, 3.8) is 0 Å². The summed E-state index contributed by atoms with van der Waals surface area (Å²) in [7, 11) is 0.950. The average Bonchev–Trinajstić information content (AvgIpc) is 3.01. The molecule has 2 aromatic rings. The van der Waals surface area contributed by atoms with Gasteiger partial charge >= 0.3 is 0 Å². The van der Waals surface area contributed by atoms with Gasteiger partial charge in [0.15, 0.2) is 0 Å². The zero-order chi connectivity index (χ0) is 32.2. The Labute approximate surface area is 265 Å². The van der Waals surface area contributed by atoms with Crippen molar-refractivity contribution in [1.82, 2.24) is 15.5 Å². The lowest BCUT2D eigenvalue weighted by Gasteiger charge is -2.26. The van der Waals surface area contributed by atoms with Gasteiger partial charge in [0.2, 0.25) is 12.8 Å². The van der Waals surface area contributed by atoms with Gasteiger partial charge < -0.3 is 16.4 Å². The summed E-state index contributed by atoms with van der Waals surface area (Å²) in [5.74, 6) is 0.171. The molecule has 4 N–H and O–H groups in total. The van der Waals surface area contributed by atoms with Gasteiger partial charge in [-0.1, -0.05) is 36.5 Å². The summed E-state index contributed by atoms with van der Waals surface area (Å²) in [5.41, 5.74) is 6.89. The van der Waals surface area contributed by atoms with Crippen LogP contribution in [0.1, 0.15) is 60.5 Å². The van der Waals surface area contributed by atoms with Crippen molar-refractivity contribution in [2.75, 3.05) is 45.9 Å². The van der Waals surface area contributed by atoms with E-state index >= 15 is 0 Å². The van der Waals surface area contributed by atoms with Crippen LogP contribution in [0.4, 0.5) is 13.2 Å². The van der Waals surface area contributed by atoms with Gasteiger partial charge in [0, 0.05) is 51.5 Å². The first-order chi connectivity index (χ1) is 20.6. The van der Waals surface area contributed by atoms with E-state index in [2.05, 4.69) is 15.5 Å². The highest BCUT2D eigenvalue weighted by atomic mass is 35.5. The lowest BCUT2D eigenvalue weighted by atomic mass is 9.99. The van der Waals surface area contributed by atoms with Crippen LogP contribution >= 0.6 is 23.2 Å². The fraction of sp³-hybridized carbons (Fsp3) is 0.533. The molecular weight excluding hydrogens is 624 g/mol. The summed E-state index contributed by atoms with van der Waals surface area (Å²) in [6, 6.07) is 8.26. The fourth-order valence-electron chi connectivity index (χ4n) is 4.53. The Morgan fingerprint density at radius 1 is 1.16 bits per heavy atom. The Bertz CT molecular complexity index is 1130. The monoisotopic (exact) mass is 666 g/mol. The van der Waals surface area contributed by atoms with E-state index < -0.39 is 17.7 Å². The number of hydrogen-bond acceptors (Lipinski definition) is 6. The Morgan fingerprint density at radius 3 is 2.33 bits per heavy atom. The highest BCUT2D eigenvalue weighted by Crippen LogP contribution is 2.24. The maximum atomic E-state index is 13.8. The third-order valence-electron chi connectivity index (χ3n) is 6.73. The number of hydrogen-bond donors (Lipinski definition) is 3. The predicted octanol–water partition coefficient (Wildman–Crippen LogP) is 5.82. The number of amides is 1. The number of alkyl halides is 2. The number of halogens is 5. The van der Waals surface area contributed by atoms with Crippen LogP contribution in [0.5, 0.6) is 0 Å². The van der Waals surface area contributed by atoms with Crippen molar-refractivity contribution in [2.24, 2.45) is 11.7 Å². The van der Waals surface area contributed by atoms with Crippen LogP contribution < -0.4 is 16.4 Å². The van der Waals surface area contributed by atoms with E-state index in [1.165, 1.54) is 18.6 Å². The average molecular weight is 668 g/mol. The first kappa shape index (κ1) is 39.0. The quantitative estimate of drug-likeness (QED) is 0.307. The second kappa shape index (κ2) is 22.5. The van der Waals surface area contributed by atoms with Gasteiger partial charge in [-0.25, -0.2) is 13.2 Å². The molecule has 4 rings (SSSR count). The minimum Gasteiger partial charge on any atom is -0.369 e. The third kappa shape index (κ3) is 15.0. The lowest BCUT2D eigenvalue weighted by Crippen LogP contribution is -2.37. The Balaban J connectivity index is 0.000000320. The van der Waals surface area contributed by atoms with Gasteiger partial charge in [0.1, 0.15) is 12.1 Å². The number of nitrogens with two attached hydrogens (primary N) is 1. The number of nitrogens with zero attached hydrogens (tertiary/aromatic N) is 1. The van der Waals surface area contributed by atoms with Gasteiger partial charge in [0.05, 0.1) is 16.7 Å². The third-order valence-corrected chi connectivity index (χ3v) is 8.71. The molecule has 13 heteroatoms. The van der Waals surface area contributed by atoms with Gasteiger partial charge in [-0.3, -0.25) is 18.7 Å². The summed E-state index contributed by atoms with van der Waals surface area (Å²) < 4.78 is 44.7. The molecule has 1 amide bonds. The van der Waals surface area contributed by atoms with E-state index in [0.717, 1.165) is 62.3 Å². The zero-order valence-electron chi connectivity index (χ0n) is 24.8. The number of piperidine rings is 2. The molecule has 2 aliphatic rings. The predicted molar refractivity (Wildman–Crippen MR) is 169 cm³/mol. The van der Waals surface area contributed by atoms with Crippen molar-refractivity contribution in [2.45, 2.75) is 57.0 Å². The molecule has 2 heterocycles. The van der Waals surface area contributed by atoms with Crippen LogP contribution in [0.2, 0.25) is 10.0 Å². The first-order valence-electron chi connectivity index (χ1n) is 14.2. The molecule has 2 atom stereocenters. The van der Waals surface area contributed by atoms with Crippen LogP contribution in [0.3, 0.4) is 0 Å². The van der Waals surface area contributed by atoms with Gasteiger partial charge in [-0.15, -0.1) is 0 Å². The zero-order valence-corrected chi connectivity index (χ0v) is 27.1. The lowest BCUT2D eigenvalue weighted by molar-refractivity contribution is -0.122. The Morgan fingerprint density at radius 2 is 1.84 bits per heavy atom. The molecule has 2 fully saturated rings. The Hall–Kier alpha value is -2.02. The van der Waals surface area contributed by atoms with E-state index in [4.69, 9.17) is 28.9 Å². The number of primary amides is 1. The molecule has 0 saturated carbocycles. The normalized spacial score (nSPS) is 17.1. The summed E-state index contributed by atoms with van der Waals surface area (Å²) in [6.07, 6.45) is 6.21. The van der Waals surface area contributed by atoms with Crippen molar-refractivity contribution in [1.29, 1.82) is 0 Å². The van der Waals surface area contributed by atoms with Crippen LogP contribution in [0.25, 0.3) is 0 Å². The largest absolute Gasteiger partial charge is 0.369 e. The fourth-order valence-corrected chi connectivity index (χ4v) is 5.96. The highest BCUT2D eigenvalue weighted by molar-refractivity contribution is 7.85. The summed E-state index contributed by atoms with van der Waals surface area (Å²) in [4.78, 5) is 24.2. The number of nitrogens with one attached hydrogen (secondary N) is 2. The number of carbonyl (C=O) groups excluding carboxylic acids is 2. The van der Waals surface area contributed by atoms with E-state index in [1.54, 1.807) is 6.07 Å². The van der Waals surface area contributed by atoms with Crippen LogP contribution in [-0.2, 0) is 28.7 Å². The standard InChI is InChI=1S/C13H15ClFNO.C10H14ClNOS.C6H12N2O.CH2F2/c14-12-6-10(9-17)7-13(15)11(12)8-16-4-2-1-3-5-16;1-3-14(13)10-5-4-9(11)6-8(10)7-12-2;7-6(9)5-2-1-3-8-4-5;2-1-3/h6-7,9H,1-5,8H2;4-6,12H,3,7H2,1-2H3;5,8H,1-4H2,(H2,7,9);1H2. The summed E-state index contributed by atoms with van der Waals surface area (Å²) >= 11 is 11.9. The van der Waals surface area contributed by atoms with Gasteiger partial charge in [-0.2, -0.15) is 0 Å². The van der Waals surface area contributed by atoms with Crippen LogP contribution in [0.15, 0.2) is 35.2 Å². The minimum absolute atomic E-state index is 0.0822.